The largest absolute Gasteiger partial charge is 0.438 e. The predicted octanol–water partition coefficient (Wildman–Crippen LogP) is 4.72. The fourth-order valence-corrected chi connectivity index (χ4v) is 4.67. The van der Waals surface area contributed by atoms with Crippen LogP contribution < -0.4 is 4.74 Å². The third-order valence-electron chi connectivity index (χ3n) is 4.57. The van der Waals surface area contributed by atoms with Gasteiger partial charge in [-0.2, -0.15) is 4.98 Å². The lowest BCUT2D eigenvalue weighted by Crippen LogP contribution is -2.00. The second-order valence-electron chi connectivity index (χ2n) is 6.34. The monoisotopic (exact) mass is 364 g/mol. The van der Waals surface area contributed by atoms with Crippen molar-refractivity contribution < 1.29 is 9.15 Å². The van der Waals surface area contributed by atoms with Gasteiger partial charge in [0.25, 0.3) is 0 Å². The summed E-state index contributed by atoms with van der Waals surface area (Å²) in [4.78, 5) is 11.7. The summed E-state index contributed by atoms with van der Waals surface area (Å²) in [6.07, 6.45) is 5.99. The van der Waals surface area contributed by atoms with Crippen LogP contribution in [0.2, 0.25) is 0 Å². The number of aromatic nitrogens is 4. The molecule has 4 aromatic rings. The van der Waals surface area contributed by atoms with Gasteiger partial charge in [0, 0.05) is 10.4 Å². The summed E-state index contributed by atoms with van der Waals surface area (Å²) in [6, 6.07) is 7.58. The van der Waals surface area contributed by atoms with Gasteiger partial charge in [-0.05, 0) is 62.4 Å². The number of rotatable bonds is 3. The maximum atomic E-state index is 6.16. The molecule has 0 N–H and O–H groups in total. The smallest absolute Gasteiger partial charge is 0.247 e. The Bertz CT molecular complexity index is 1070. The summed E-state index contributed by atoms with van der Waals surface area (Å²) < 4.78 is 11.4. The van der Waals surface area contributed by atoms with Crippen molar-refractivity contribution in [2.24, 2.45) is 0 Å². The summed E-state index contributed by atoms with van der Waals surface area (Å²) in [5, 5.41) is 8.70. The molecule has 0 atom stereocenters. The fourth-order valence-electron chi connectivity index (χ4n) is 3.38. The minimum absolute atomic E-state index is 0.490. The zero-order chi connectivity index (χ0) is 17.5. The zero-order valence-corrected chi connectivity index (χ0v) is 15.0. The van der Waals surface area contributed by atoms with Gasteiger partial charge < -0.3 is 9.15 Å². The average Bonchev–Trinajstić information content (AvgIpc) is 3.29. The molecule has 3 heterocycles. The molecule has 26 heavy (non-hydrogen) atoms. The van der Waals surface area contributed by atoms with Crippen LogP contribution in [0.15, 0.2) is 35.1 Å². The molecule has 7 heteroatoms. The molecule has 0 bridgehead atoms. The molecule has 0 spiro atoms. The number of ether oxygens (including phenoxy) is 1. The number of aryl methyl sites for hydroxylation is 3. The lowest BCUT2D eigenvalue weighted by Gasteiger charge is -2.12. The molecule has 0 amide bonds. The van der Waals surface area contributed by atoms with E-state index in [4.69, 9.17) is 9.15 Å². The second-order valence-corrected chi connectivity index (χ2v) is 7.42. The highest BCUT2D eigenvalue weighted by molar-refractivity contribution is 7.18. The maximum Gasteiger partial charge on any atom is 0.247 e. The Kier molecular flexibility index (Phi) is 3.67. The van der Waals surface area contributed by atoms with Crippen LogP contribution in [0.3, 0.4) is 0 Å². The quantitative estimate of drug-likeness (QED) is 0.524. The maximum absolute atomic E-state index is 6.16. The normalized spacial score (nSPS) is 13.7. The summed E-state index contributed by atoms with van der Waals surface area (Å²) in [5.41, 5.74) is 2.22. The van der Waals surface area contributed by atoms with Crippen LogP contribution in [-0.2, 0) is 12.8 Å². The molecule has 1 aromatic carbocycles. The summed E-state index contributed by atoms with van der Waals surface area (Å²) >= 11 is 1.78. The van der Waals surface area contributed by atoms with Crippen LogP contribution in [0.25, 0.3) is 21.7 Å². The first kappa shape index (κ1) is 15.5. The molecule has 1 aliphatic rings. The van der Waals surface area contributed by atoms with Gasteiger partial charge in [-0.15, -0.1) is 21.5 Å². The molecular weight excluding hydrogens is 348 g/mol. The van der Waals surface area contributed by atoms with Gasteiger partial charge in [-0.3, -0.25) is 0 Å². The van der Waals surface area contributed by atoms with E-state index < -0.39 is 0 Å². The molecule has 0 saturated carbocycles. The number of thiophene rings is 1. The van der Waals surface area contributed by atoms with Crippen LogP contribution in [0.5, 0.6) is 11.6 Å². The van der Waals surface area contributed by atoms with E-state index in [0.29, 0.717) is 11.8 Å². The topological polar surface area (TPSA) is 73.9 Å². The van der Waals surface area contributed by atoms with Crippen molar-refractivity contribution in [2.45, 2.75) is 32.6 Å². The third-order valence-corrected chi connectivity index (χ3v) is 5.75. The Balaban J connectivity index is 1.54. The van der Waals surface area contributed by atoms with Gasteiger partial charge in [0.05, 0.1) is 5.39 Å². The summed E-state index contributed by atoms with van der Waals surface area (Å²) in [5.74, 6) is 2.60. The summed E-state index contributed by atoms with van der Waals surface area (Å²) in [6.45, 7) is 1.91. The van der Waals surface area contributed by atoms with Crippen LogP contribution in [-0.4, -0.2) is 20.2 Å². The number of benzene rings is 1. The minimum Gasteiger partial charge on any atom is -0.438 e. The first-order valence-corrected chi connectivity index (χ1v) is 9.43. The number of fused-ring (bicyclic) bond motifs is 3. The summed E-state index contributed by atoms with van der Waals surface area (Å²) in [7, 11) is 0. The Morgan fingerprint density at radius 2 is 1.92 bits per heavy atom. The van der Waals surface area contributed by atoms with Gasteiger partial charge in [0.2, 0.25) is 18.2 Å². The van der Waals surface area contributed by atoms with Gasteiger partial charge in [0.1, 0.15) is 16.4 Å². The number of nitrogens with zero attached hydrogens (tertiary/aromatic N) is 4. The average molecular weight is 364 g/mol. The number of hydrogen-bond donors (Lipinski definition) is 0. The molecule has 6 nitrogen and oxygen atoms in total. The van der Waals surface area contributed by atoms with Crippen molar-refractivity contribution in [3.63, 3.8) is 0 Å². The van der Waals surface area contributed by atoms with Crippen molar-refractivity contribution in [1.29, 1.82) is 0 Å². The van der Waals surface area contributed by atoms with Crippen LogP contribution in [0.1, 0.15) is 29.1 Å². The zero-order valence-electron chi connectivity index (χ0n) is 14.2. The van der Waals surface area contributed by atoms with Gasteiger partial charge >= 0.3 is 0 Å². The molecule has 0 fully saturated rings. The molecule has 5 rings (SSSR count). The standard InChI is InChI=1S/C19H16N4O2S/c1-11-21-18(16-14-4-2-3-5-15(14)26-19(16)22-11)25-13-8-6-12(7-9-13)17-23-20-10-24-17/h6-10H,2-5H2,1H3. The van der Waals surface area contributed by atoms with Gasteiger partial charge in [0.15, 0.2) is 0 Å². The Hall–Kier alpha value is -2.80. The van der Waals surface area contributed by atoms with Crippen LogP contribution in [0.4, 0.5) is 0 Å². The van der Waals surface area contributed by atoms with Crippen molar-refractivity contribution in [2.75, 3.05) is 0 Å². The highest BCUT2D eigenvalue weighted by atomic mass is 32.1. The van der Waals surface area contributed by atoms with E-state index in [0.717, 1.165) is 40.2 Å². The highest BCUT2D eigenvalue weighted by Gasteiger charge is 2.21. The molecule has 0 radical (unpaired) electrons. The lowest BCUT2D eigenvalue weighted by molar-refractivity contribution is 0.466. The number of hydrogen-bond acceptors (Lipinski definition) is 7. The Morgan fingerprint density at radius 3 is 2.73 bits per heavy atom. The molecule has 1 aliphatic carbocycles. The van der Waals surface area contributed by atoms with Crippen molar-refractivity contribution in [1.82, 2.24) is 20.2 Å². The Labute approximate surface area is 153 Å². The van der Waals surface area contributed by atoms with Gasteiger partial charge in [-0.1, -0.05) is 0 Å². The highest BCUT2D eigenvalue weighted by Crippen LogP contribution is 2.40. The fraction of sp³-hybridized carbons (Fsp3) is 0.263. The Morgan fingerprint density at radius 1 is 1.08 bits per heavy atom. The van der Waals surface area contributed by atoms with E-state index in [1.807, 2.05) is 31.2 Å². The van der Waals surface area contributed by atoms with Crippen LogP contribution >= 0.6 is 11.3 Å². The molecule has 3 aromatic heterocycles. The third kappa shape index (κ3) is 2.64. The van der Waals surface area contributed by atoms with E-state index in [1.54, 1.807) is 11.3 Å². The molecule has 130 valence electrons. The van der Waals surface area contributed by atoms with Crippen molar-refractivity contribution >= 4 is 21.6 Å². The first-order valence-electron chi connectivity index (χ1n) is 8.61. The second kappa shape index (κ2) is 6.17. The predicted molar refractivity (Wildman–Crippen MR) is 98.6 cm³/mol. The van der Waals surface area contributed by atoms with E-state index in [9.17, 15) is 0 Å². The van der Waals surface area contributed by atoms with E-state index in [-0.39, 0.29) is 0 Å². The van der Waals surface area contributed by atoms with Crippen molar-refractivity contribution in [3.8, 4) is 23.1 Å². The van der Waals surface area contributed by atoms with Crippen LogP contribution in [0, 0.1) is 6.92 Å². The molecular formula is C19H16N4O2S. The van der Waals surface area contributed by atoms with E-state index in [1.165, 1.54) is 29.7 Å². The lowest BCUT2D eigenvalue weighted by atomic mass is 9.97. The SMILES string of the molecule is Cc1nc(Oc2ccc(-c3nnco3)cc2)c2c3c(sc2n1)CCCC3. The first-order chi connectivity index (χ1) is 12.8. The minimum atomic E-state index is 0.490. The van der Waals surface area contributed by atoms with E-state index in [2.05, 4.69) is 20.2 Å². The molecule has 0 aliphatic heterocycles. The van der Waals surface area contributed by atoms with E-state index >= 15 is 0 Å². The molecule has 0 unspecified atom stereocenters. The van der Waals surface area contributed by atoms with Gasteiger partial charge in [-0.25, -0.2) is 4.98 Å². The molecule has 0 saturated heterocycles. The van der Waals surface area contributed by atoms with Crippen molar-refractivity contribution in [3.05, 3.63) is 46.9 Å².